The van der Waals surface area contributed by atoms with Gasteiger partial charge in [-0.2, -0.15) is 0 Å². The van der Waals surface area contributed by atoms with E-state index in [4.69, 9.17) is 4.74 Å². The lowest BCUT2D eigenvalue weighted by Gasteiger charge is -2.51. The highest BCUT2D eigenvalue weighted by atomic mass is 16.5. The van der Waals surface area contributed by atoms with E-state index in [9.17, 15) is 4.79 Å². The Labute approximate surface area is 144 Å². The molecule has 5 atom stereocenters. The molecular weight excluding hydrogens is 296 g/mol. The lowest BCUT2D eigenvalue weighted by Crippen LogP contribution is -2.47. The minimum atomic E-state index is -0.146. The summed E-state index contributed by atoms with van der Waals surface area (Å²) in [6, 6.07) is 6.53. The van der Waals surface area contributed by atoms with Gasteiger partial charge in [0.2, 0.25) is 0 Å². The predicted octanol–water partition coefficient (Wildman–Crippen LogP) is 4.70. The Morgan fingerprint density at radius 1 is 1.42 bits per heavy atom. The highest BCUT2D eigenvalue weighted by molar-refractivity contribution is 5.98. The van der Waals surface area contributed by atoms with Crippen LogP contribution in [0.15, 0.2) is 43.0 Å². The second-order valence-corrected chi connectivity index (χ2v) is 7.65. The van der Waals surface area contributed by atoms with Gasteiger partial charge in [0.1, 0.15) is 5.75 Å². The molecule has 0 heterocycles. The first kappa shape index (κ1) is 15.7. The summed E-state index contributed by atoms with van der Waals surface area (Å²) < 4.78 is 5.42. The van der Waals surface area contributed by atoms with Gasteiger partial charge >= 0.3 is 0 Å². The van der Waals surface area contributed by atoms with Crippen LogP contribution in [0.3, 0.4) is 0 Å². The van der Waals surface area contributed by atoms with Gasteiger partial charge < -0.3 is 4.74 Å². The van der Waals surface area contributed by atoms with Gasteiger partial charge in [-0.3, -0.25) is 4.79 Å². The lowest BCUT2D eigenvalue weighted by atomic mass is 9.51. The zero-order valence-corrected chi connectivity index (χ0v) is 14.6. The molecule has 126 valence electrons. The molecule has 1 fully saturated rings. The van der Waals surface area contributed by atoms with Crippen molar-refractivity contribution in [2.45, 2.75) is 38.5 Å². The third kappa shape index (κ3) is 1.98. The van der Waals surface area contributed by atoms with E-state index >= 15 is 0 Å². The molecule has 0 unspecified atom stereocenters. The van der Waals surface area contributed by atoms with Gasteiger partial charge in [0.05, 0.1) is 7.11 Å². The van der Waals surface area contributed by atoms with Gasteiger partial charge in [0.25, 0.3) is 0 Å². The number of ether oxygens (including phenoxy) is 1. The van der Waals surface area contributed by atoms with Gasteiger partial charge in [-0.1, -0.05) is 25.1 Å². The van der Waals surface area contributed by atoms with Gasteiger partial charge in [-0.25, -0.2) is 0 Å². The molecule has 3 aliphatic carbocycles. The van der Waals surface area contributed by atoms with Crippen LogP contribution in [0, 0.1) is 23.2 Å². The van der Waals surface area contributed by atoms with Crippen molar-refractivity contribution in [1.82, 2.24) is 0 Å². The number of carbonyl (C=O) groups is 1. The van der Waals surface area contributed by atoms with Gasteiger partial charge in [-0.15, -0.1) is 6.58 Å². The van der Waals surface area contributed by atoms with E-state index in [1.807, 2.05) is 6.08 Å². The second kappa shape index (κ2) is 5.61. The third-order valence-corrected chi connectivity index (χ3v) is 7.00. The summed E-state index contributed by atoms with van der Waals surface area (Å²) in [6.45, 7) is 6.32. The third-order valence-electron chi connectivity index (χ3n) is 7.00. The Bertz CT molecular complexity index is 717. The molecule has 0 amide bonds. The SMILES string of the molecule is C=C[C@@H]1Cc2cc(OC)ccc2[C@H]2CC[C@]3(CC)C(=O)C=C[C@H]3[C@H]12. The quantitative estimate of drug-likeness (QED) is 0.754. The molecule has 0 bridgehead atoms. The number of hydrogen-bond acceptors (Lipinski definition) is 2. The topological polar surface area (TPSA) is 26.3 Å². The van der Waals surface area contributed by atoms with Crippen molar-refractivity contribution in [2.75, 3.05) is 7.11 Å². The Morgan fingerprint density at radius 3 is 2.96 bits per heavy atom. The fourth-order valence-electron chi connectivity index (χ4n) is 5.74. The number of fused-ring (bicyclic) bond motifs is 5. The van der Waals surface area contributed by atoms with Gasteiger partial charge in [0.15, 0.2) is 5.78 Å². The van der Waals surface area contributed by atoms with Crippen LogP contribution in [-0.4, -0.2) is 12.9 Å². The minimum absolute atomic E-state index is 0.146. The molecule has 1 saturated carbocycles. The van der Waals surface area contributed by atoms with Crippen molar-refractivity contribution in [2.24, 2.45) is 23.2 Å². The van der Waals surface area contributed by atoms with Crippen molar-refractivity contribution in [3.05, 3.63) is 54.1 Å². The first-order valence-electron chi connectivity index (χ1n) is 9.16. The number of methoxy groups -OCH3 is 1. The Morgan fingerprint density at radius 2 is 2.25 bits per heavy atom. The highest BCUT2D eigenvalue weighted by Crippen LogP contribution is 2.60. The van der Waals surface area contributed by atoms with E-state index < -0.39 is 0 Å². The fourth-order valence-corrected chi connectivity index (χ4v) is 5.74. The van der Waals surface area contributed by atoms with Crippen LogP contribution in [-0.2, 0) is 11.2 Å². The van der Waals surface area contributed by atoms with Crippen molar-refractivity contribution in [3.8, 4) is 5.75 Å². The highest BCUT2D eigenvalue weighted by Gasteiger charge is 2.55. The molecule has 1 aromatic carbocycles. The van der Waals surface area contributed by atoms with Crippen LogP contribution >= 0.6 is 0 Å². The molecule has 0 radical (unpaired) electrons. The van der Waals surface area contributed by atoms with Crippen molar-refractivity contribution >= 4 is 5.78 Å². The zero-order valence-electron chi connectivity index (χ0n) is 14.6. The molecular formula is C22H26O2. The number of allylic oxidation sites excluding steroid dienone is 3. The summed E-state index contributed by atoms with van der Waals surface area (Å²) in [5, 5.41) is 0. The first-order chi connectivity index (χ1) is 11.6. The lowest BCUT2D eigenvalue weighted by molar-refractivity contribution is -0.129. The van der Waals surface area contributed by atoms with Crippen LogP contribution in [0.25, 0.3) is 0 Å². The standard InChI is InChI=1S/C22H26O2/c1-4-14-12-15-13-16(24-3)6-7-17(15)18-10-11-22(5-2)19(21(14)18)8-9-20(22)23/h4,6-9,13-14,18-19,21H,1,5,10-12H2,2-3H3/t14-,18-,19+,21-,22+/m1/s1. The summed E-state index contributed by atoms with van der Waals surface area (Å²) in [6.07, 6.45) is 10.3. The molecule has 0 spiro atoms. The fraction of sp³-hybridized carbons (Fsp3) is 0.500. The number of carbonyl (C=O) groups excluding carboxylic acids is 1. The Kier molecular flexibility index (Phi) is 3.67. The van der Waals surface area contributed by atoms with Crippen molar-refractivity contribution in [3.63, 3.8) is 0 Å². The molecule has 0 aliphatic heterocycles. The van der Waals surface area contributed by atoms with E-state index in [0.717, 1.165) is 31.4 Å². The van der Waals surface area contributed by atoms with Crippen LogP contribution in [0.4, 0.5) is 0 Å². The maximum atomic E-state index is 12.6. The number of ketones is 1. The van der Waals surface area contributed by atoms with E-state index in [1.54, 1.807) is 7.11 Å². The molecule has 1 aromatic rings. The van der Waals surface area contributed by atoms with Gasteiger partial charge in [0, 0.05) is 5.41 Å². The zero-order chi connectivity index (χ0) is 16.9. The molecule has 3 aliphatic rings. The van der Waals surface area contributed by atoms with Crippen LogP contribution in [0.1, 0.15) is 43.2 Å². The maximum Gasteiger partial charge on any atom is 0.162 e. The molecule has 2 heteroatoms. The largest absolute Gasteiger partial charge is 0.497 e. The second-order valence-electron chi connectivity index (χ2n) is 7.65. The van der Waals surface area contributed by atoms with E-state index in [1.165, 1.54) is 11.1 Å². The maximum absolute atomic E-state index is 12.6. The van der Waals surface area contributed by atoms with E-state index in [-0.39, 0.29) is 5.41 Å². The van der Waals surface area contributed by atoms with Gasteiger partial charge in [-0.05, 0) is 78.7 Å². The van der Waals surface area contributed by atoms with E-state index in [2.05, 4.69) is 43.9 Å². The summed E-state index contributed by atoms with van der Waals surface area (Å²) in [7, 11) is 1.73. The normalized spacial score (nSPS) is 36.7. The molecule has 4 rings (SSSR count). The van der Waals surface area contributed by atoms with Crippen LogP contribution < -0.4 is 4.74 Å². The predicted molar refractivity (Wildman–Crippen MR) is 96.2 cm³/mol. The minimum Gasteiger partial charge on any atom is -0.497 e. The van der Waals surface area contributed by atoms with Crippen LogP contribution in [0.5, 0.6) is 5.75 Å². The van der Waals surface area contributed by atoms with E-state index in [0.29, 0.717) is 29.5 Å². The number of rotatable bonds is 3. The average molecular weight is 322 g/mol. The summed E-state index contributed by atoms with van der Waals surface area (Å²) in [5.41, 5.74) is 2.72. The number of benzene rings is 1. The Balaban J connectivity index is 1.80. The summed E-state index contributed by atoms with van der Waals surface area (Å²) >= 11 is 0. The van der Waals surface area contributed by atoms with Crippen molar-refractivity contribution in [1.29, 1.82) is 0 Å². The first-order valence-corrected chi connectivity index (χ1v) is 9.16. The Hall–Kier alpha value is -1.83. The molecule has 24 heavy (non-hydrogen) atoms. The summed E-state index contributed by atoms with van der Waals surface area (Å²) in [5.74, 6) is 3.12. The van der Waals surface area contributed by atoms with Crippen molar-refractivity contribution < 1.29 is 9.53 Å². The summed E-state index contributed by atoms with van der Waals surface area (Å²) in [4.78, 5) is 12.6. The van der Waals surface area contributed by atoms with Crippen LogP contribution in [0.2, 0.25) is 0 Å². The smallest absolute Gasteiger partial charge is 0.162 e. The molecule has 0 saturated heterocycles. The average Bonchev–Trinajstić information content (AvgIpc) is 2.97. The number of hydrogen-bond donors (Lipinski definition) is 0. The molecule has 0 N–H and O–H groups in total. The molecule has 2 nitrogen and oxygen atoms in total. The molecule has 0 aromatic heterocycles. The monoisotopic (exact) mass is 322 g/mol.